The molecule has 0 aliphatic rings. The second kappa shape index (κ2) is 11.8. The molecule has 38 heavy (non-hydrogen) atoms. The second-order valence-corrected chi connectivity index (χ2v) is 9.18. The van der Waals surface area contributed by atoms with E-state index in [9.17, 15) is 4.79 Å². The van der Waals surface area contributed by atoms with Crippen molar-refractivity contribution in [2.24, 2.45) is 0 Å². The Kier molecular flexibility index (Phi) is 8.32. The van der Waals surface area contributed by atoms with Crippen LogP contribution in [0.5, 0.6) is 11.5 Å². The van der Waals surface area contributed by atoms with E-state index in [2.05, 4.69) is 30.4 Å². The monoisotopic (exact) mass is 517 g/mol. The topological polar surface area (TPSA) is 108 Å². The lowest BCUT2D eigenvalue weighted by Crippen LogP contribution is -2.29. The van der Waals surface area contributed by atoms with Crippen LogP contribution < -0.4 is 25.0 Å². The van der Waals surface area contributed by atoms with Crippen LogP contribution in [0, 0.1) is 0 Å². The van der Waals surface area contributed by atoms with Crippen molar-refractivity contribution in [2.75, 3.05) is 64.0 Å². The fourth-order valence-electron chi connectivity index (χ4n) is 4.15. The fourth-order valence-corrected chi connectivity index (χ4v) is 4.15. The minimum atomic E-state index is -0.0536. The van der Waals surface area contributed by atoms with Crippen LogP contribution in [-0.4, -0.2) is 74.2 Å². The first kappa shape index (κ1) is 26.7. The number of aromatic nitrogens is 3. The molecule has 0 atom stereocenters. The van der Waals surface area contributed by atoms with Crippen molar-refractivity contribution >= 4 is 39.8 Å². The van der Waals surface area contributed by atoms with Crippen molar-refractivity contribution in [3.8, 4) is 22.8 Å². The molecule has 0 aliphatic heterocycles. The molecule has 10 nitrogen and oxygen atoms in total. The summed E-state index contributed by atoms with van der Waals surface area (Å²) in [5.74, 6) is 1.65. The third-order valence-corrected chi connectivity index (χ3v) is 6.27. The van der Waals surface area contributed by atoms with Gasteiger partial charge in [-0.2, -0.15) is 0 Å². The highest BCUT2D eigenvalue weighted by Crippen LogP contribution is 2.37. The number of likely N-dealkylation sites (N-methyl/N-ethyl adjacent to an activating group) is 2. The lowest BCUT2D eigenvalue weighted by molar-refractivity contribution is -0.115. The van der Waals surface area contributed by atoms with Gasteiger partial charge < -0.3 is 34.9 Å². The molecule has 3 N–H and O–H groups in total. The van der Waals surface area contributed by atoms with Gasteiger partial charge in [0.1, 0.15) is 11.4 Å². The fraction of sp³-hybridized carbons (Fsp3) is 0.321. The number of amides is 1. The summed E-state index contributed by atoms with van der Waals surface area (Å²) in [5, 5.41) is 7.27. The molecule has 2 aromatic heterocycles. The van der Waals surface area contributed by atoms with Crippen molar-refractivity contribution in [2.45, 2.75) is 13.3 Å². The van der Waals surface area contributed by atoms with E-state index in [1.165, 1.54) is 0 Å². The summed E-state index contributed by atoms with van der Waals surface area (Å²) in [6.45, 7) is 3.54. The van der Waals surface area contributed by atoms with Crippen LogP contribution in [-0.2, 0) is 4.79 Å². The highest BCUT2D eigenvalue weighted by atomic mass is 16.5. The minimum Gasteiger partial charge on any atom is -0.495 e. The number of methoxy groups -OCH3 is 2. The largest absolute Gasteiger partial charge is 0.495 e. The average Bonchev–Trinajstić information content (AvgIpc) is 3.36. The number of nitrogens with one attached hydrogen (secondary N) is 3. The molecule has 0 aliphatic carbocycles. The Morgan fingerprint density at radius 2 is 1.84 bits per heavy atom. The SMILES string of the molecule is CCC(=O)Nc1cc(Nc2ncc(OC)c(-c3c[nH]c4c(OC)cccc34)n2)ccc1N(C)CCN(C)C. The van der Waals surface area contributed by atoms with Crippen LogP contribution >= 0.6 is 0 Å². The van der Waals surface area contributed by atoms with Gasteiger partial charge in [-0.25, -0.2) is 9.97 Å². The van der Waals surface area contributed by atoms with Gasteiger partial charge in [-0.15, -0.1) is 0 Å². The van der Waals surface area contributed by atoms with Gasteiger partial charge in [0.2, 0.25) is 11.9 Å². The Morgan fingerprint density at radius 3 is 2.55 bits per heavy atom. The van der Waals surface area contributed by atoms with Gasteiger partial charge in [0.05, 0.1) is 37.3 Å². The first-order chi connectivity index (χ1) is 18.3. The number of ether oxygens (including phenoxy) is 2. The highest BCUT2D eigenvalue weighted by Gasteiger charge is 2.17. The van der Waals surface area contributed by atoms with Crippen molar-refractivity contribution in [3.63, 3.8) is 0 Å². The highest BCUT2D eigenvalue weighted by molar-refractivity contribution is 5.99. The summed E-state index contributed by atoms with van der Waals surface area (Å²) in [5.41, 5.74) is 4.80. The Morgan fingerprint density at radius 1 is 1.05 bits per heavy atom. The van der Waals surface area contributed by atoms with E-state index in [0.717, 1.165) is 52.4 Å². The minimum absolute atomic E-state index is 0.0536. The number of fused-ring (bicyclic) bond motifs is 1. The van der Waals surface area contributed by atoms with E-state index >= 15 is 0 Å². The Labute approximate surface area is 223 Å². The molecule has 10 heteroatoms. The van der Waals surface area contributed by atoms with Crippen LogP contribution in [0.15, 0.2) is 48.8 Å². The molecule has 1 amide bonds. The van der Waals surface area contributed by atoms with Crippen LogP contribution in [0.25, 0.3) is 22.2 Å². The zero-order valence-corrected chi connectivity index (χ0v) is 22.8. The predicted molar refractivity (Wildman–Crippen MR) is 153 cm³/mol. The van der Waals surface area contributed by atoms with Gasteiger partial charge >= 0.3 is 0 Å². The summed E-state index contributed by atoms with van der Waals surface area (Å²) in [4.78, 5) is 29.1. The zero-order chi connectivity index (χ0) is 27.2. The van der Waals surface area contributed by atoms with Gasteiger partial charge in [0, 0.05) is 49.4 Å². The summed E-state index contributed by atoms with van der Waals surface area (Å²) < 4.78 is 11.1. The van der Waals surface area contributed by atoms with Crippen molar-refractivity contribution in [1.29, 1.82) is 0 Å². The number of nitrogens with zero attached hydrogens (tertiary/aromatic N) is 4. The number of hydrogen-bond acceptors (Lipinski definition) is 8. The molecule has 0 saturated heterocycles. The molecule has 0 fully saturated rings. The van der Waals surface area contributed by atoms with Gasteiger partial charge in [-0.1, -0.05) is 19.1 Å². The van der Waals surface area contributed by atoms with Gasteiger partial charge in [0.25, 0.3) is 0 Å². The molecule has 0 unspecified atom stereocenters. The standard InChI is InChI=1S/C28H35N7O3/c1-7-25(36)32-21-15-18(11-12-22(21)35(4)14-13-34(2)3)31-28-30-17-24(38-6)27(33-28)20-16-29-26-19(20)9-8-10-23(26)37-5/h8-12,15-17,29H,7,13-14H2,1-6H3,(H,32,36)(H,30,31,33). The number of hydrogen-bond donors (Lipinski definition) is 3. The summed E-state index contributed by atoms with van der Waals surface area (Å²) in [6.07, 6.45) is 3.92. The van der Waals surface area contributed by atoms with Crippen molar-refractivity contribution < 1.29 is 14.3 Å². The third kappa shape index (κ3) is 5.81. The second-order valence-electron chi connectivity index (χ2n) is 9.18. The Balaban J connectivity index is 1.68. The van der Waals surface area contributed by atoms with Crippen molar-refractivity contribution in [1.82, 2.24) is 19.9 Å². The predicted octanol–water partition coefficient (Wildman–Crippen LogP) is 4.73. The first-order valence-electron chi connectivity index (χ1n) is 12.5. The quantitative estimate of drug-likeness (QED) is 0.262. The number of carbonyl (C=O) groups excluding carboxylic acids is 1. The molecule has 4 rings (SSSR count). The third-order valence-electron chi connectivity index (χ3n) is 6.27. The summed E-state index contributed by atoms with van der Waals surface area (Å²) in [7, 11) is 9.33. The summed E-state index contributed by atoms with van der Waals surface area (Å²) in [6, 6.07) is 11.7. The molecule has 200 valence electrons. The van der Waals surface area contributed by atoms with Gasteiger partial charge in [0.15, 0.2) is 5.75 Å². The average molecular weight is 518 g/mol. The van der Waals surface area contributed by atoms with Crippen LogP contribution in [0.1, 0.15) is 13.3 Å². The molecule has 0 saturated carbocycles. The normalized spacial score (nSPS) is 11.0. The van der Waals surface area contributed by atoms with Crippen LogP contribution in [0.2, 0.25) is 0 Å². The lowest BCUT2D eigenvalue weighted by Gasteiger charge is -2.25. The molecule has 4 aromatic rings. The lowest BCUT2D eigenvalue weighted by atomic mass is 10.1. The number of aromatic amines is 1. The molecule has 2 aromatic carbocycles. The van der Waals surface area contributed by atoms with Gasteiger partial charge in [-0.05, 0) is 38.4 Å². The van der Waals surface area contributed by atoms with E-state index < -0.39 is 0 Å². The van der Waals surface area contributed by atoms with Crippen LogP contribution in [0.4, 0.5) is 23.0 Å². The van der Waals surface area contributed by atoms with E-state index in [1.54, 1.807) is 20.4 Å². The number of benzene rings is 2. The number of carbonyl (C=O) groups is 1. The molecule has 0 spiro atoms. The number of rotatable bonds is 11. The maximum Gasteiger partial charge on any atom is 0.227 e. The first-order valence-corrected chi connectivity index (χ1v) is 12.5. The Bertz CT molecular complexity index is 1420. The molecule has 0 bridgehead atoms. The molecular weight excluding hydrogens is 482 g/mol. The van der Waals surface area contributed by atoms with Crippen LogP contribution in [0.3, 0.4) is 0 Å². The molecule has 0 radical (unpaired) electrons. The smallest absolute Gasteiger partial charge is 0.227 e. The maximum atomic E-state index is 12.3. The summed E-state index contributed by atoms with van der Waals surface area (Å²) >= 11 is 0. The van der Waals surface area contributed by atoms with Crippen molar-refractivity contribution in [3.05, 3.63) is 48.8 Å². The van der Waals surface area contributed by atoms with E-state index in [1.807, 2.05) is 70.7 Å². The number of para-hydroxylation sites is 1. The van der Waals surface area contributed by atoms with E-state index in [4.69, 9.17) is 14.5 Å². The number of H-pyrrole nitrogens is 1. The van der Waals surface area contributed by atoms with E-state index in [0.29, 0.717) is 23.8 Å². The molecule has 2 heterocycles. The molecular formula is C28H35N7O3. The Hall–Kier alpha value is -4.31. The van der Waals surface area contributed by atoms with E-state index in [-0.39, 0.29) is 5.91 Å². The zero-order valence-electron chi connectivity index (χ0n) is 22.8. The maximum absolute atomic E-state index is 12.3. The van der Waals surface area contributed by atoms with Gasteiger partial charge in [-0.3, -0.25) is 4.79 Å². The number of anilines is 4.